The molecular formula is C13H17F6N3O. The Hall–Kier alpha value is -1.29. The molecule has 0 amide bonds. The van der Waals surface area contributed by atoms with Gasteiger partial charge in [-0.3, -0.25) is 4.90 Å². The van der Waals surface area contributed by atoms with E-state index in [4.69, 9.17) is 0 Å². The molecule has 1 aromatic heterocycles. The number of piperidine rings is 1. The average Bonchev–Trinajstić information content (AvgIpc) is 2.86. The van der Waals surface area contributed by atoms with Gasteiger partial charge in [-0.25, -0.2) is 4.98 Å². The normalized spacial score (nSPS) is 23.7. The number of hydrogen-bond acceptors (Lipinski definition) is 3. The van der Waals surface area contributed by atoms with Crippen molar-refractivity contribution in [1.29, 1.82) is 0 Å². The molecule has 0 aliphatic carbocycles. The molecule has 2 atom stereocenters. The zero-order chi connectivity index (χ0) is 17.5. The fraction of sp³-hybridized carbons (Fsp3) is 0.769. The van der Waals surface area contributed by atoms with E-state index in [-0.39, 0.29) is 12.4 Å². The number of aromatic amines is 1. The fourth-order valence-corrected chi connectivity index (χ4v) is 2.64. The minimum Gasteiger partial charge on any atom is -0.380 e. The van der Waals surface area contributed by atoms with Crippen molar-refractivity contribution in [2.75, 3.05) is 19.6 Å². The Morgan fingerprint density at radius 3 is 2.48 bits per heavy atom. The van der Waals surface area contributed by atoms with E-state index >= 15 is 0 Å². The number of likely N-dealkylation sites (tertiary alicyclic amines) is 1. The lowest BCUT2D eigenvalue weighted by molar-refractivity contribution is -0.258. The van der Waals surface area contributed by atoms with Crippen LogP contribution >= 0.6 is 0 Å². The molecule has 2 unspecified atom stereocenters. The maximum atomic E-state index is 12.7. The van der Waals surface area contributed by atoms with Crippen LogP contribution in [-0.4, -0.2) is 51.4 Å². The zero-order valence-electron chi connectivity index (χ0n) is 12.3. The second-order valence-corrected chi connectivity index (χ2v) is 6.03. The highest BCUT2D eigenvalue weighted by Crippen LogP contribution is 2.34. The van der Waals surface area contributed by atoms with Gasteiger partial charge in [0.05, 0.1) is 6.20 Å². The summed E-state index contributed by atoms with van der Waals surface area (Å²) >= 11 is 0. The highest BCUT2D eigenvalue weighted by atomic mass is 19.4. The first-order chi connectivity index (χ1) is 10.4. The van der Waals surface area contributed by atoms with Crippen LogP contribution in [-0.2, 0) is 6.18 Å². The number of rotatable bonds is 3. The first-order valence-electron chi connectivity index (χ1n) is 7.04. The van der Waals surface area contributed by atoms with Crippen molar-refractivity contribution in [1.82, 2.24) is 14.9 Å². The summed E-state index contributed by atoms with van der Waals surface area (Å²) in [5, 5.41) is 9.53. The van der Waals surface area contributed by atoms with Crippen LogP contribution in [0.2, 0.25) is 0 Å². The molecule has 132 valence electrons. The van der Waals surface area contributed by atoms with Gasteiger partial charge >= 0.3 is 12.4 Å². The minimum atomic E-state index is -4.77. The third-order valence-corrected chi connectivity index (χ3v) is 3.94. The van der Waals surface area contributed by atoms with Crippen LogP contribution in [0.25, 0.3) is 0 Å². The molecular weight excluding hydrogens is 328 g/mol. The number of aromatic nitrogens is 2. The predicted molar refractivity (Wildman–Crippen MR) is 68.7 cm³/mol. The minimum absolute atomic E-state index is 0.105. The number of hydrogen-bond donors (Lipinski definition) is 2. The van der Waals surface area contributed by atoms with Crippen LogP contribution in [0, 0.1) is 0 Å². The highest BCUT2D eigenvalue weighted by molar-refractivity contribution is 5.10. The van der Waals surface area contributed by atoms with E-state index in [1.807, 2.05) is 0 Å². The molecule has 1 aliphatic rings. The van der Waals surface area contributed by atoms with Gasteiger partial charge in [-0.15, -0.1) is 0 Å². The summed E-state index contributed by atoms with van der Waals surface area (Å²) in [7, 11) is 0. The molecule has 2 heterocycles. The summed E-state index contributed by atoms with van der Waals surface area (Å²) in [5.41, 5.74) is -3.85. The Balaban J connectivity index is 2.05. The third-order valence-electron chi connectivity index (χ3n) is 3.94. The van der Waals surface area contributed by atoms with Gasteiger partial charge in [0.25, 0.3) is 0 Å². The van der Waals surface area contributed by atoms with Crippen molar-refractivity contribution in [2.24, 2.45) is 0 Å². The van der Waals surface area contributed by atoms with Crippen molar-refractivity contribution in [3.05, 3.63) is 17.7 Å². The van der Waals surface area contributed by atoms with Gasteiger partial charge in [0, 0.05) is 19.0 Å². The molecule has 1 fully saturated rings. The van der Waals surface area contributed by atoms with Crippen molar-refractivity contribution in [2.45, 2.75) is 43.6 Å². The van der Waals surface area contributed by atoms with E-state index in [1.54, 1.807) is 0 Å². The number of aliphatic hydroxyl groups is 1. The van der Waals surface area contributed by atoms with Crippen LogP contribution in [0.5, 0.6) is 0 Å². The largest absolute Gasteiger partial charge is 0.432 e. The molecule has 0 bridgehead atoms. The van der Waals surface area contributed by atoms with Gasteiger partial charge in [-0.2, -0.15) is 26.3 Å². The standard InChI is InChI=1S/C13H17F6N3O/c1-11(23,13(17,18)19)7-22-4-2-3-8(6-22)10-20-5-9(21-10)12(14,15)16/h5,8,23H,2-4,6-7H2,1H3,(H,20,21). The number of β-amino-alcohol motifs (C(OH)–C–C–N with tert-alkyl or cyclic N) is 1. The Morgan fingerprint density at radius 2 is 1.96 bits per heavy atom. The van der Waals surface area contributed by atoms with E-state index in [1.165, 1.54) is 4.90 Å². The Kier molecular flexibility index (Phi) is 4.69. The SMILES string of the molecule is CC(O)(CN1CCCC(c2ncc(C(F)(F)F)[nH]2)C1)C(F)(F)F. The lowest BCUT2D eigenvalue weighted by atomic mass is 9.95. The first-order valence-corrected chi connectivity index (χ1v) is 7.04. The second kappa shape index (κ2) is 5.97. The van der Waals surface area contributed by atoms with Gasteiger partial charge in [-0.1, -0.05) is 0 Å². The number of nitrogens with one attached hydrogen (secondary N) is 1. The quantitative estimate of drug-likeness (QED) is 0.829. The van der Waals surface area contributed by atoms with Gasteiger partial charge in [0.2, 0.25) is 0 Å². The van der Waals surface area contributed by atoms with Crippen molar-refractivity contribution in [3.63, 3.8) is 0 Å². The molecule has 0 radical (unpaired) electrons. The highest BCUT2D eigenvalue weighted by Gasteiger charge is 2.51. The molecule has 0 saturated carbocycles. The number of H-pyrrole nitrogens is 1. The zero-order valence-corrected chi connectivity index (χ0v) is 12.3. The molecule has 2 rings (SSSR count). The maximum Gasteiger partial charge on any atom is 0.432 e. The van der Waals surface area contributed by atoms with Gasteiger partial charge < -0.3 is 10.1 Å². The van der Waals surface area contributed by atoms with Crippen LogP contribution in [0.4, 0.5) is 26.3 Å². The number of imidazole rings is 1. The molecule has 1 aliphatic heterocycles. The van der Waals surface area contributed by atoms with Gasteiger partial charge in [0.15, 0.2) is 5.60 Å². The van der Waals surface area contributed by atoms with Crippen molar-refractivity contribution < 1.29 is 31.4 Å². The van der Waals surface area contributed by atoms with E-state index < -0.39 is 36.1 Å². The number of halogens is 6. The van der Waals surface area contributed by atoms with Crippen LogP contribution in [0.3, 0.4) is 0 Å². The smallest absolute Gasteiger partial charge is 0.380 e. The molecule has 23 heavy (non-hydrogen) atoms. The molecule has 10 heteroatoms. The number of alkyl halides is 6. The van der Waals surface area contributed by atoms with Crippen LogP contribution in [0.1, 0.15) is 37.2 Å². The molecule has 0 spiro atoms. The molecule has 1 saturated heterocycles. The predicted octanol–water partition coefficient (Wildman–Crippen LogP) is 2.92. The van der Waals surface area contributed by atoms with Crippen molar-refractivity contribution >= 4 is 0 Å². The Morgan fingerprint density at radius 1 is 1.30 bits per heavy atom. The second-order valence-electron chi connectivity index (χ2n) is 6.03. The fourth-order valence-electron chi connectivity index (χ4n) is 2.64. The lowest BCUT2D eigenvalue weighted by Gasteiger charge is -2.37. The summed E-state index contributed by atoms with van der Waals surface area (Å²) in [6, 6.07) is 0. The Labute approximate surface area is 128 Å². The van der Waals surface area contributed by atoms with Crippen molar-refractivity contribution in [3.8, 4) is 0 Å². The number of nitrogens with zero attached hydrogens (tertiary/aromatic N) is 2. The van der Waals surface area contributed by atoms with E-state index in [0.717, 1.165) is 0 Å². The molecule has 4 nitrogen and oxygen atoms in total. The average molecular weight is 345 g/mol. The van der Waals surface area contributed by atoms with Gasteiger partial charge in [-0.05, 0) is 26.3 Å². The topological polar surface area (TPSA) is 52.1 Å². The van der Waals surface area contributed by atoms with Crippen LogP contribution in [0.15, 0.2) is 6.20 Å². The molecule has 2 N–H and O–H groups in total. The van der Waals surface area contributed by atoms with E-state index in [0.29, 0.717) is 32.5 Å². The Bertz CT molecular complexity index is 537. The first kappa shape index (κ1) is 18.1. The lowest BCUT2D eigenvalue weighted by Crippen LogP contribution is -2.53. The summed E-state index contributed by atoms with van der Waals surface area (Å²) in [6.45, 7) is 0.512. The van der Waals surface area contributed by atoms with E-state index in [9.17, 15) is 31.4 Å². The van der Waals surface area contributed by atoms with Gasteiger partial charge in [0.1, 0.15) is 11.5 Å². The van der Waals surface area contributed by atoms with Crippen LogP contribution < -0.4 is 0 Å². The molecule has 1 aromatic rings. The summed E-state index contributed by atoms with van der Waals surface area (Å²) < 4.78 is 75.8. The third kappa shape index (κ3) is 4.17. The maximum absolute atomic E-state index is 12.7. The van der Waals surface area contributed by atoms with E-state index in [2.05, 4.69) is 9.97 Å². The molecule has 0 aromatic carbocycles. The summed E-state index contributed by atoms with van der Waals surface area (Å²) in [4.78, 5) is 7.29. The summed E-state index contributed by atoms with van der Waals surface area (Å²) in [6.07, 6.45) is -7.59. The summed E-state index contributed by atoms with van der Waals surface area (Å²) in [5.74, 6) is -0.322. The monoisotopic (exact) mass is 345 g/mol.